The van der Waals surface area contributed by atoms with Gasteiger partial charge in [0.05, 0.1) is 0 Å². The van der Waals surface area contributed by atoms with Crippen molar-refractivity contribution < 1.29 is 4.79 Å². The number of hydrogen-bond acceptors (Lipinski definition) is 1. The summed E-state index contributed by atoms with van der Waals surface area (Å²) in [6.07, 6.45) is 7.65. The summed E-state index contributed by atoms with van der Waals surface area (Å²) in [4.78, 5) is 12.6. The zero-order valence-corrected chi connectivity index (χ0v) is 10.4. The van der Waals surface area contributed by atoms with Crippen molar-refractivity contribution in [2.24, 2.45) is 5.41 Å². The topological polar surface area (TPSA) is 20.3 Å². The predicted molar refractivity (Wildman–Crippen MR) is 62.2 cm³/mol. The van der Waals surface area contributed by atoms with Crippen LogP contribution < -0.4 is 0 Å². The van der Waals surface area contributed by atoms with Gasteiger partial charge in [0, 0.05) is 13.1 Å². The Bertz CT molecular complexity index is 249. The summed E-state index contributed by atoms with van der Waals surface area (Å²) in [5.74, 6) is -0.110. The third kappa shape index (κ3) is 2.42. The van der Waals surface area contributed by atoms with Gasteiger partial charge in [-0.05, 0) is 24.7 Å². The summed E-state index contributed by atoms with van der Waals surface area (Å²) in [5.41, 5.74) is 0.399. The maximum Gasteiger partial charge on any atom is 0.255 e. The predicted octanol–water partition coefficient (Wildman–Crippen LogP) is 2.97. The Labute approximate surface area is 101 Å². The molecule has 2 rings (SSSR count). The third-order valence-corrected chi connectivity index (χ3v) is 4.22. The third-order valence-electron chi connectivity index (χ3n) is 3.85. The first-order valence-corrected chi connectivity index (χ1v) is 6.57. The number of hydrogen-bond donors (Lipinski definition) is 0. The Morgan fingerprint density at radius 3 is 2.40 bits per heavy atom. The van der Waals surface area contributed by atoms with Crippen molar-refractivity contribution in [1.29, 1.82) is 0 Å². The zero-order chi connectivity index (χ0) is 10.9. The van der Waals surface area contributed by atoms with E-state index in [9.17, 15) is 4.79 Å². The lowest BCUT2D eigenvalue weighted by molar-refractivity contribution is -0.128. The summed E-state index contributed by atoms with van der Waals surface area (Å²) < 4.78 is 0. The molecule has 1 amide bonds. The molecule has 2 nitrogen and oxygen atoms in total. The van der Waals surface area contributed by atoms with Crippen LogP contribution in [0, 0.1) is 5.41 Å². The summed E-state index contributed by atoms with van der Waals surface area (Å²) in [5, 5.41) is 0. The second kappa shape index (κ2) is 4.50. The van der Waals surface area contributed by atoms with Crippen LogP contribution in [0.2, 0.25) is 0 Å². The van der Waals surface area contributed by atoms with Crippen molar-refractivity contribution in [3.63, 3.8) is 0 Å². The molecule has 15 heavy (non-hydrogen) atoms. The van der Waals surface area contributed by atoms with Crippen molar-refractivity contribution in [1.82, 2.24) is 4.90 Å². The molecule has 1 saturated carbocycles. The maximum absolute atomic E-state index is 11.6. The molecule has 1 spiro atoms. The molecule has 0 radical (unpaired) electrons. The molecule has 1 heterocycles. The van der Waals surface area contributed by atoms with Crippen molar-refractivity contribution >= 4 is 29.1 Å². The minimum atomic E-state index is -0.885. The van der Waals surface area contributed by atoms with Crippen LogP contribution in [0.4, 0.5) is 0 Å². The molecular weight excluding hydrogens is 233 g/mol. The van der Waals surface area contributed by atoms with Gasteiger partial charge in [0.25, 0.3) is 5.91 Å². The standard InChI is InChI=1S/C11H17Cl2NO/c12-9(13)10(15)14-7-6-11(8-14)4-2-1-3-5-11/h9H,1-8H2. The van der Waals surface area contributed by atoms with Crippen molar-refractivity contribution in [3.8, 4) is 0 Å². The van der Waals surface area contributed by atoms with Crippen molar-refractivity contribution in [3.05, 3.63) is 0 Å². The van der Waals surface area contributed by atoms with Crippen LogP contribution in [0.3, 0.4) is 0 Å². The SMILES string of the molecule is O=C(C(Cl)Cl)N1CCC2(CCCCC2)C1. The van der Waals surface area contributed by atoms with E-state index in [2.05, 4.69) is 0 Å². The zero-order valence-electron chi connectivity index (χ0n) is 8.85. The Morgan fingerprint density at radius 2 is 1.80 bits per heavy atom. The monoisotopic (exact) mass is 249 g/mol. The highest BCUT2D eigenvalue weighted by Gasteiger charge is 2.41. The molecule has 0 atom stereocenters. The van der Waals surface area contributed by atoms with Gasteiger partial charge in [-0.2, -0.15) is 0 Å². The quantitative estimate of drug-likeness (QED) is 0.655. The molecular formula is C11H17Cl2NO. The first kappa shape index (κ1) is 11.5. The lowest BCUT2D eigenvalue weighted by atomic mass is 9.73. The molecule has 0 aromatic rings. The van der Waals surface area contributed by atoms with Gasteiger partial charge in [0.1, 0.15) is 0 Å². The van der Waals surface area contributed by atoms with Crippen LogP contribution in [-0.4, -0.2) is 28.7 Å². The average molecular weight is 250 g/mol. The molecule has 0 unspecified atom stereocenters. The molecule has 0 aromatic carbocycles. The molecule has 86 valence electrons. The minimum absolute atomic E-state index is 0.110. The summed E-state index contributed by atoms with van der Waals surface area (Å²) in [6, 6.07) is 0. The minimum Gasteiger partial charge on any atom is -0.340 e. The van der Waals surface area contributed by atoms with Gasteiger partial charge in [-0.25, -0.2) is 0 Å². The summed E-state index contributed by atoms with van der Waals surface area (Å²) >= 11 is 11.2. The van der Waals surface area contributed by atoms with E-state index in [4.69, 9.17) is 23.2 Å². The smallest absolute Gasteiger partial charge is 0.255 e. The van der Waals surface area contributed by atoms with E-state index < -0.39 is 4.84 Å². The van der Waals surface area contributed by atoms with Crippen LogP contribution in [0.1, 0.15) is 38.5 Å². The lowest BCUT2D eigenvalue weighted by Crippen LogP contribution is -2.36. The largest absolute Gasteiger partial charge is 0.340 e. The van der Waals surface area contributed by atoms with E-state index in [0.29, 0.717) is 5.41 Å². The van der Waals surface area contributed by atoms with Gasteiger partial charge in [-0.3, -0.25) is 4.79 Å². The highest BCUT2D eigenvalue weighted by molar-refractivity contribution is 6.53. The van der Waals surface area contributed by atoms with E-state index in [1.54, 1.807) is 0 Å². The Kier molecular flexibility index (Phi) is 3.46. The fraction of sp³-hybridized carbons (Fsp3) is 0.909. The molecule has 1 aliphatic carbocycles. The second-order valence-corrected chi connectivity index (χ2v) is 5.97. The number of carbonyl (C=O) groups is 1. The fourth-order valence-electron chi connectivity index (χ4n) is 2.97. The summed E-state index contributed by atoms with van der Waals surface area (Å²) in [7, 11) is 0. The van der Waals surface area contributed by atoms with Gasteiger partial charge in [-0.1, -0.05) is 42.5 Å². The molecule has 1 saturated heterocycles. The number of likely N-dealkylation sites (tertiary alicyclic amines) is 1. The van der Waals surface area contributed by atoms with Crippen molar-refractivity contribution in [2.75, 3.05) is 13.1 Å². The molecule has 0 bridgehead atoms. The maximum atomic E-state index is 11.6. The molecule has 0 N–H and O–H groups in total. The normalized spacial score (nSPS) is 25.1. The molecule has 4 heteroatoms. The number of carbonyl (C=O) groups excluding carboxylic acids is 1. The number of alkyl halides is 2. The first-order chi connectivity index (χ1) is 7.13. The van der Waals surface area contributed by atoms with Crippen LogP contribution in [0.25, 0.3) is 0 Å². The average Bonchev–Trinajstić information content (AvgIpc) is 2.62. The summed E-state index contributed by atoms with van der Waals surface area (Å²) in [6.45, 7) is 1.72. The molecule has 2 fully saturated rings. The van der Waals surface area contributed by atoms with Gasteiger partial charge in [0.2, 0.25) is 0 Å². The van der Waals surface area contributed by atoms with Crippen LogP contribution in [-0.2, 0) is 4.79 Å². The highest BCUT2D eigenvalue weighted by Crippen LogP contribution is 2.43. The molecule has 1 aliphatic heterocycles. The van der Waals surface area contributed by atoms with E-state index in [1.807, 2.05) is 4.90 Å². The van der Waals surface area contributed by atoms with E-state index in [-0.39, 0.29) is 5.91 Å². The Hall–Kier alpha value is 0.0500. The Balaban J connectivity index is 1.96. The van der Waals surface area contributed by atoms with E-state index in [1.165, 1.54) is 32.1 Å². The van der Waals surface area contributed by atoms with Gasteiger partial charge in [0.15, 0.2) is 4.84 Å². The number of nitrogens with zero attached hydrogens (tertiary/aromatic N) is 1. The van der Waals surface area contributed by atoms with E-state index >= 15 is 0 Å². The van der Waals surface area contributed by atoms with Crippen LogP contribution in [0.15, 0.2) is 0 Å². The van der Waals surface area contributed by atoms with Gasteiger partial charge >= 0.3 is 0 Å². The second-order valence-electron chi connectivity index (χ2n) is 4.87. The number of rotatable bonds is 1. The van der Waals surface area contributed by atoms with Crippen molar-refractivity contribution in [2.45, 2.75) is 43.4 Å². The van der Waals surface area contributed by atoms with E-state index in [0.717, 1.165) is 19.5 Å². The first-order valence-electron chi connectivity index (χ1n) is 5.70. The number of amides is 1. The van der Waals surface area contributed by atoms with Gasteiger partial charge < -0.3 is 4.90 Å². The molecule has 2 aliphatic rings. The Morgan fingerprint density at radius 1 is 1.13 bits per heavy atom. The number of halogens is 2. The van der Waals surface area contributed by atoms with Crippen LogP contribution in [0.5, 0.6) is 0 Å². The fourth-order valence-corrected chi connectivity index (χ4v) is 3.25. The van der Waals surface area contributed by atoms with Gasteiger partial charge in [-0.15, -0.1) is 0 Å². The molecule has 0 aromatic heterocycles. The highest BCUT2D eigenvalue weighted by atomic mass is 35.5. The lowest BCUT2D eigenvalue weighted by Gasteiger charge is -2.33. The van der Waals surface area contributed by atoms with Crippen LogP contribution >= 0.6 is 23.2 Å².